The molecule has 15 heavy (non-hydrogen) atoms. The predicted octanol–water partition coefficient (Wildman–Crippen LogP) is 0.428. The summed E-state index contributed by atoms with van der Waals surface area (Å²) in [6.07, 6.45) is 0. The van der Waals surface area contributed by atoms with Crippen molar-refractivity contribution >= 4 is 39.0 Å². The van der Waals surface area contributed by atoms with Crippen LogP contribution in [-0.4, -0.2) is 47.1 Å². The summed E-state index contributed by atoms with van der Waals surface area (Å²) in [5, 5.41) is -0.421. The summed E-state index contributed by atoms with van der Waals surface area (Å²) in [4.78, 5) is 0.0425. The van der Waals surface area contributed by atoms with Gasteiger partial charge in [-0.25, -0.2) is 8.42 Å². The average molecular weight is 268 g/mol. The fourth-order valence-electron chi connectivity index (χ4n) is 1.39. The lowest BCUT2D eigenvalue weighted by Crippen LogP contribution is -2.47. The highest BCUT2D eigenvalue weighted by Gasteiger charge is 2.33. The lowest BCUT2D eigenvalue weighted by Gasteiger charge is -2.31. The molecule has 1 aliphatic heterocycles. The Morgan fingerprint density at radius 1 is 1.67 bits per heavy atom. The van der Waals surface area contributed by atoms with E-state index in [0.717, 1.165) is 5.75 Å². The van der Waals surface area contributed by atoms with Gasteiger partial charge in [0.15, 0.2) is 0 Å². The van der Waals surface area contributed by atoms with Crippen molar-refractivity contribution < 1.29 is 8.42 Å². The SMILES string of the molecule is CC1CN(S(=O)(=O)C(C)C(N)=S)CCS1. The molecule has 2 atom stereocenters. The van der Waals surface area contributed by atoms with Crippen LogP contribution in [0.3, 0.4) is 0 Å². The zero-order valence-electron chi connectivity index (χ0n) is 8.84. The second-order valence-corrected chi connectivity index (χ2v) is 7.90. The van der Waals surface area contributed by atoms with Crippen LogP contribution in [0.4, 0.5) is 0 Å². The topological polar surface area (TPSA) is 63.4 Å². The molecular formula is C8H16N2O2S3. The molecule has 1 rings (SSSR count). The van der Waals surface area contributed by atoms with E-state index >= 15 is 0 Å². The molecule has 4 nitrogen and oxygen atoms in total. The molecule has 0 bridgehead atoms. The average Bonchev–Trinajstić information content (AvgIpc) is 2.16. The summed E-state index contributed by atoms with van der Waals surface area (Å²) in [6.45, 7) is 4.69. The van der Waals surface area contributed by atoms with Crippen LogP contribution in [0, 0.1) is 0 Å². The molecule has 2 N–H and O–H groups in total. The summed E-state index contributed by atoms with van der Waals surface area (Å²) >= 11 is 6.52. The standard InChI is InChI=1S/C8H16N2O2S3/c1-6-5-10(3-4-14-6)15(11,12)7(2)8(9)13/h6-7H,3-5H2,1-2H3,(H2,9,13). The van der Waals surface area contributed by atoms with Crippen LogP contribution in [0.5, 0.6) is 0 Å². The maximum Gasteiger partial charge on any atom is 0.223 e. The van der Waals surface area contributed by atoms with Crippen molar-refractivity contribution in [3.63, 3.8) is 0 Å². The van der Waals surface area contributed by atoms with Crippen molar-refractivity contribution in [1.29, 1.82) is 0 Å². The quantitative estimate of drug-likeness (QED) is 0.752. The first-order chi connectivity index (χ1) is 6.85. The number of nitrogens with zero attached hydrogens (tertiary/aromatic N) is 1. The van der Waals surface area contributed by atoms with Gasteiger partial charge >= 0.3 is 0 Å². The van der Waals surface area contributed by atoms with Crippen molar-refractivity contribution in [2.75, 3.05) is 18.8 Å². The van der Waals surface area contributed by atoms with E-state index in [9.17, 15) is 8.42 Å². The van der Waals surface area contributed by atoms with Gasteiger partial charge in [0.25, 0.3) is 0 Å². The highest BCUT2D eigenvalue weighted by Crippen LogP contribution is 2.22. The maximum atomic E-state index is 12.0. The van der Waals surface area contributed by atoms with Crippen LogP contribution in [0.25, 0.3) is 0 Å². The number of hydrogen-bond donors (Lipinski definition) is 1. The summed E-state index contributed by atoms with van der Waals surface area (Å²) < 4.78 is 25.5. The minimum absolute atomic E-state index is 0.0425. The van der Waals surface area contributed by atoms with Gasteiger partial charge in [0.05, 0.1) is 4.99 Å². The molecule has 1 saturated heterocycles. The van der Waals surface area contributed by atoms with E-state index in [0.29, 0.717) is 18.3 Å². The Kier molecular flexibility index (Phi) is 4.39. The molecule has 7 heteroatoms. The number of sulfonamides is 1. The highest BCUT2D eigenvalue weighted by atomic mass is 32.2. The summed E-state index contributed by atoms with van der Waals surface area (Å²) in [7, 11) is -3.34. The minimum atomic E-state index is -3.34. The largest absolute Gasteiger partial charge is 0.392 e. The molecule has 0 amide bonds. The predicted molar refractivity (Wildman–Crippen MR) is 68.7 cm³/mol. The Morgan fingerprint density at radius 2 is 2.27 bits per heavy atom. The van der Waals surface area contributed by atoms with E-state index < -0.39 is 15.3 Å². The number of nitrogens with two attached hydrogens (primary N) is 1. The van der Waals surface area contributed by atoms with Crippen molar-refractivity contribution in [3.8, 4) is 0 Å². The van der Waals surface area contributed by atoms with E-state index in [1.165, 1.54) is 4.31 Å². The van der Waals surface area contributed by atoms with E-state index in [1.54, 1.807) is 18.7 Å². The smallest absolute Gasteiger partial charge is 0.223 e. The number of rotatable bonds is 3. The summed E-state index contributed by atoms with van der Waals surface area (Å²) in [6, 6.07) is 0. The Morgan fingerprint density at radius 3 is 2.73 bits per heavy atom. The molecule has 1 aliphatic rings. The Balaban J connectivity index is 2.81. The molecule has 0 aromatic carbocycles. The van der Waals surface area contributed by atoms with Gasteiger partial charge in [-0.2, -0.15) is 16.1 Å². The van der Waals surface area contributed by atoms with Gasteiger partial charge in [-0.3, -0.25) is 0 Å². The molecule has 88 valence electrons. The molecule has 0 saturated carbocycles. The molecule has 0 aromatic heterocycles. The van der Waals surface area contributed by atoms with Gasteiger partial charge in [0, 0.05) is 24.1 Å². The Bertz CT molecular complexity index is 342. The van der Waals surface area contributed by atoms with Crippen LogP contribution in [0.15, 0.2) is 0 Å². The molecule has 1 heterocycles. The third kappa shape index (κ3) is 3.05. The Hall–Kier alpha value is 0.150. The number of thiocarbonyl (C=S) groups is 1. The maximum absolute atomic E-state index is 12.0. The molecule has 0 aliphatic carbocycles. The summed E-state index contributed by atoms with van der Waals surface area (Å²) in [5.74, 6) is 0.838. The third-order valence-electron chi connectivity index (χ3n) is 2.41. The van der Waals surface area contributed by atoms with Crippen molar-refractivity contribution in [3.05, 3.63) is 0 Å². The monoisotopic (exact) mass is 268 g/mol. The molecule has 1 fully saturated rings. The second-order valence-electron chi connectivity index (χ2n) is 3.63. The van der Waals surface area contributed by atoms with Crippen LogP contribution in [0.2, 0.25) is 0 Å². The van der Waals surface area contributed by atoms with Gasteiger partial charge < -0.3 is 5.73 Å². The first-order valence-corrected chi connectivity index (χ1v) is 7.71. The van der Waals surface area contributed by atoms with Gasteiger partial charge in [0.2, 0.25) is 10.0 Å². The van der Waals surface area contributed by atoms with E-state index in [-0.39, 0.29) is 4.99 Å². The number of hydrogen-bond acceptors (Lipinski definition) is 4. The molecule has 2 unspecified atom stereocenters. The summed E-state index contributed by atoms with van der Waals surface area (Å²) in [5.41, 5.74) is 5.38. The fourth-order valence-corrected chi connectivity index (χ4v) is 4.49. The highest BCUT2D eigenvalue weighted by molar-refractivity contribution is 8.00. The fraction of sp³-hybridized carbons (Fsp3) is 0.875. The van der Waals surface area contributed by atoms with Gasteiger partial charge in [0.1, 0.15) is 5.25 Å². The lowest BCUT2D eigenvalue weighted by molar-refractivity contribution is 0.422. The van der Waals surface area contributed by atoms with Crippen LogP contribution >= 0.6 is 24.0 Å². The number of thioether (sulfide) groups is 1. The second kappa shape index (κ2) is 4.99. The van der Waals surface area contributed by atoms with Crippen molar-refractivity contribution in [2.45, 2.75) is 24.3 Å². The Labute approximate surface area is 101 Å². The van der Waals surface area contributed by atoms with E-state index in [2.05, 4.69) is 0 Å². The van der Waals surface area contributed by atoms with Crippen molar-refractivity contribution in [1.82, 2.24) is 4.31 Å². The van der Waals surface area contributed by atoms with E-state index in [1.807, 2.05) is 6.92 Å². The first-order valence-electron chi connectivity index (χ1n) is 4.75. The lowest BCUT2D eigenvalue weighted by atomic mass is 10.4. The van der Waals surface area contributed by atoms with Crippen LogP contribution < -0.4 is 5.73 Å². The molecule has 0 radical (unpaired) electrons. The molecule has 0 spiro atoms. The zero-order chi connectivity index (χ0) is 11.6. The van der Waals surface area contributed by atoms with Crippen molar-refractivity contribution in [2.24, 2.45) is 5.73 Å². The van der Waals surface area contributed by atoms with E-state index in [4.69, 9.17) is 18.0 Å². The molecular weight excluding hydrogens is 252 g/mol. The van der Waals surface area contributed by atoms with Gasteiger partial charge in [-0.1, -0.05) is 19.1 Å². The normalized spacial score (nSPS) is 26.1. The van der Waals surface area contributed by atoms with Gasteiger partial charge in [-0.15, -0.1) is 0 Å². The van der Waals surface area contributed by atoms with Gasteiger partial charge in [-0.05, 0) is 6.92 Å². The first kappa shape index (κ1) is 13.2. The van der Waals surface area contributed by atoms with Crippen LogP contribution in [0.1, 0.15) is 13.8 Å². The minimum Gasteiger partial charge on any atom is -0.392 e. The van der Waals surface area contributed by atoms with Crippen LogP contribution in [-0.2, 0) is 10.0 Å². The molecule has 0 aromatic rings. The zero-order valence-corrected chi connectivity index (χ0v) is 11.3. The third-order valence-corrected chi connectivity index (χ3v) is 6.25.